The molecular weight excluding hydrogens is 268 g/mol. The second-order valence-corrected chi connectivity index (χ2v) is 4.71. The molecule has 110 valence electrons. The van der Waals surface area contributed by atoms with Crippen LogP contribution in [0, 0.1) is 0 Å². The highest BCUT2D eigenvalue weighted by Gasteiger charge is 2.44. The summed E-state index contributed by atoms with van der Waals surface area (Å²) in [4.78, 5) is 8.18. The lowest BCUT2D eigenvalue weighted by atomic mass is 10.1. The van der Waals surface area contributed by atoms with Crippen molar-refractivity contribution in [2.75, 3.05) is 6.61 Å². The third-order valence-corrected chi connectivity index (χ3v) is 3.41. The Balaban J connectivity index is 1.97. The second kappa shape index (κ2) is 4.68. The Morgan fingerprint density at radius 3 is 2.80 bits per heavy atom. The van der Waals surface area contributed by atoms with E-state index in [0.717, 1.165) is 0 Å². The molecule has 0 aliphatic carbocycles. The number of aliphatic imine (C=N–C) groups is 1. The van der Waals surface area contributed by atoms with Crippen LogP contribution in [0.2, 0.25) is 0 Å². The molecule has 0 saturated carbocycles. The molecule has 3 heterocycles. The highest BCUT2D eigenvalue weighted by atomic mass is 16.6. The number of nitrogens with zero attached hydrogens (tertiary/aromatic N) is 3. The summed E-state index contributed by atoms with van der Waals surface area (Å²) in [6.45, 7) is -0.405. The van der Waals surface area contributed by atoms with Crippen LogP contribution >= 0.6 is 0 Å². The first-order valence-electron chi connectivity index (χ1n) is 6.08. The molecule has 0 bridgehead atoms. The summed E-state index contributed by atoms with van der Waals surface area (Å²) in [5.74, 6) is 0.474. The normalized spacial score (nSPS) is 36.4. The molecule has 2 aliphatic heterocycles. The van der Waals surface area contributed by atoms with E-state index in [9.17, 15) is 10.2 Å². The fraction of sp³-hybridized carbons (Fsp3) is 0.600. The minimum atomic E-state index is -1.21. The van der Waals surface area contributed by atoms with E-state index in [0.29, 0.717) is 11.5 Å². The lowest BCUT2D eigenvalue weighted by Gasteiger charge is -2.22. The van der Waals surface area contributed by atoms with Crippen molar-refractivity contribution in [2.45, 2.75) is 30.7 Å². The highest BCUT2D eigenvalue weighted by Crippen LogP contribution is 2.35. The molecule has 0 spiro atoms. The highest BCUT2D eigenvalue weighted by molar-refractivity contribution is 5.83. The summed E-state index contributed by atoms with van der Waals surface area (Å²) in [5.41, 5.74) is 11.9. The number of fused-ring (bicyclic) bond motifs is 1. The molecule has 1 saturated heterocycles. The number of aliphatic hydroxyl groups excluding tert-OH is 3. The van der Waals surface area contributed by atoms with Gasteiger partial charge in [-0.15, -0.1) is 0 Å². The van der Waals surface area contributed by atoms with Crippen molar-refractivity contribution >= 4 is 11.8 Å². The molecule has 10 heteroatoms. The van der Waals surface area contributed by atoms with Gasteiger partial charge in [-0.3, -0.25) is 4.57 Å². The molecule has 0 aromatic carbocycles. The minimum absolute atomic E-state index is 0.124. The minimum Gasteiger partial charge on any atom is -0.394 e. The van der Waals surface area contributed by atoms with Crippen LogP contribution in [0.15, 0.2) is 11.3 Å². The van der Waals surface area contributed by atoms with Crippen molar-refractivity contribution in [3.63, 3.8) is 0 Å². The number of ether oxygens (including phenoxy) is 1. The SMILES string of the molecule is NC1=Nc2c(ncn2[C@@H]2O[C@H](CO)C(O)[C@@H]2O)C(N)N1. The predicted molar refractivity (Wildman–Crippen MR) is 66.6 cm³/mol. The largest absolute Gasteiger partial charge is 0.394 e. The molecule has 10 nitrogen and oxygen atoms in total. The van der Waals surface area contributed by atoms with Crippen LogP contribution in [0.3, 0.4) is 0 Å². The number of aromatic nitrogens is 2. The maximum absolute atomic E-state index is 10.0. The number of rotatable bonds is 2. The van der Waals surface area contributed by atoms with Gasteiger partial charge in [0, 0.05) is 0 Å². The van der Waals surface area contributed by atoms with Gasteiger partial charge in [0.15, 0.2) is 18.0 Å². The summed E-state index contributed by atoms with van der Waals surface area (Å²) in [6, 6.07) is 0. The van der Waals surface area contributed by atoms with Crippen molar-refractivity contribution in [2.24, 2.45) is 16.5 Å². The third kappa shape index (κ3) is 1.85. The van der Waals surface area contributed by atoms with E-state index in [4.69, 9.17) is 21.3 Å². The first-order chi connectivity index (χ1) is 9.52. The van der Waals surface area contributed by atoms with E-state index < -0.39 is 37.3 Å². The first kappa shape index (κ1) is 13.3. The maximum atomic E-state index is 10.0. The van der Waals surface area contributed by atoms with Crippen molar-refractivity contribution in [1.82, 2.24) is 14.9 Å². The van der Waals surface area contributed by atoms with Crippen LogP contribution in [0.4, 0.5) is 5.82 Å². The van der Waals surface area contributed by atoms with Gasteiger partial charge in [0.25, 0.3) is 0 Å². The summed E-state index contributed by atoms with van der Waals surface area (Å²) in [5, 5.41) is 31.6. The van der Waals surface area contributed by atoms with Gasteiger partial charge < -0.3 is 36.8 Å². The first-order valence-corrected chi connectivity index (χ1v) is 6.08. The molecule has 5 atom stereocenters. The van der Waals surface area contributed by atoms with Crippen LogP contribution in [-0.2, 0) is 4.74 Å². The van der Waals surface area contributed by atoms with Crippen LogP contribution in [0.5, 0.6) is 0 Å². The molecule has 2 unspecified atom stereocenters. The maximum Gasteiger partial charge on any atom is 0.196 e. The smallest absolute Gasteiger partial charge is 0.196 e. The van der Waals surface area contributed by atoms with Crippen molar-refractivity contribution in [1.29, 1.82) is 0 Å². The molecule has 3 rings (SSSR count). The van der Waals surface area contributed by atoms with Crippen molar-refractivity contribution in [3.05, 3.63) is 12.0 Å². The van der Waals surface area contributed by atoms with E-state index in [-0.39, 0.29) is 5.96 Å². The average molecular weight is 284 g/mol. The Hall–Kier alpha value is -1.72. The Labute approximate surface area is 113 Å². The lowest BCUT2D eigenvalue weighted by molar-refractivity contribution is -0.0520. The van der Waals surface area contributed by atoms with Gasteiger partial charge in [0.05, 0.1) is 12.9 Å². The molecule has 1 aromatic rings. The zero-order valence-electron chi connectivity index (χ0n) is 10.4. The molecule has 1 aromatic heterocycles. The lowest BCUT2D eigenvalue weighted by Crippen LogP contribution is -2.41. The van der Waals surface area contributed by atoms with Gasteiger partial charge in [-0.2, -0.15) is 4.99 Å². The van der Waals surface area contributed by atoms with Gasteiger partial charge in [-0.05, 0) is 0 Å². The van der Waals surface area contributed by atoms with E-state index in [2.05, 4.69) is 15.3 Å². The average Bonchev–Trinajstić information content (AvgIpc) is 2.93. The van der Waals surface area contributed by atoms with Gasteiger partial charge in [-0.1, -0.05) is 0 Å². The molecule has 0 amide bonds. The molecule has 1 fully saturated rings. The number of guanidine groups is 1. The molecule has 20 heavy (non-hydrogen) atoms. The Morgan fingerprint density at radius 1 is 1.40 bits per heavy atom. The van der Waals surface area contributed by atoms with E-state index in [1.165, 1.54) is 10.9 Å². The number of aliphatic hydroxyl groups is 3. The predicted octanol–water partition coefficient (Wildman–Crippen LogP) is -3.00. The summed E-state index contributed by atoms with van der Waals surface area (Å²) >= 11 is 0. The van der Waals surface area contributed by atoms with Crippen LogP contribution in [0.25, 0.3) is 0 Å². The van der Waals surface area contributed by atoms with E-state index in [1.54, 1.807) is 0 Å². The second-order valence-electron chi connectivity index (χ2n) is 4.71. The summed E-state index contributed by atoms with van der Waals surface area (Å²) < 4.78 is 6.85. The summed E-state index contributed by atoms with van der Waals surface area (Å²) in [6.07, 6.45) is -3.41. The van der Waals surface area contributed by atoms with Gasteiger partial charge in [-0.25, -0.2) is 4.98 Å². The standard InChI is InChI=1S/C10H16N6O4/c11-7-4-8(15-10(12)14-7)16(2-13-4)9-6(19)5(18)3(1-17)20-9/h2-3,5-7,9,17-19H,1,11H2,(H3,12,14,15)/t3-,5?,6+,7?,9-/m1/s1. The Morgan fingerprint density at radius 2 is 2.15 bits per heavy atom. The van der Waals surface area contributed by atoms with E-state index in [1.807, 2.05) is 0 Å². The van der Waals surface area contributed by atoms with Crippen LogP contribution in [0.1, 0.15) is 18.1 Å². The fourth-order valence-corrected chi connectivity index (χ4v) is 2.37. The zero-order valence-corrected chi connectivity index (χ0v) is 10.4. The molecule has 0 radical (unpaired) electrons. The van der Waals surface area contributed by atoms with E-state index >= 15 is 0 Å². The Kier molecular flexibility index (Phi) is 3.11. The zero-order chi connectivity index (χ0) is 14.4. The number of nitrogens with one attached hydrogen (secondary N) is 1. The fourth-order valence-electron chi connectivity index (χ4n) is 2.37. The monoisotopic (exact) mass is 284 g/mol. The van der Waals surface area contributed by atoms with Gasteiger partial charge >= 0.3 is 0 Å². The quantitative estimate of drug-likeness (QED) is 0.334. The topological polar surface area (TPSA) is 164 Å². The van der Waals surface area contributed by atoms with Gasteiger partial charge in [0.2, 0.25) is 0 Å². The number of nitrogens with two attached hydrogens (primary N) is 2. The third-order valence-electron chi connectivity index (χ3n) is 3.41. The molecule has 8 N–H and O–H groups in total. The summed E-state index contributed by atoms with van der Waals surface area (Å²) in [7, 11) is 0. The van der Waals surface area contributed by atoms with Crippen LogP contribution in [-0.4, -0.2) is 55.7 Å². The number of hydrogen-bond acceptors (Lipinski definition) is 9. The molecular formula is C10H16N6O4. The number of hydrogen-bond donors (Lipinski definition) is 6. The molecule has 2 aliphatic rings. The van der Waals surface area contributed by atoms with Crippen LogP contribution < -0.4 is 16.8 Å². The van der Waals surface area contributed by atoms with Gasteiger partial charge in [0.1, 0.15) is 30.2 Å². The Bertz CT molecular complexity index is 546. The van der Waals surface area contributed by atoms with Crippen molar-refractivity contribution in [3.8, 4) is 0 Å². The van der Waals surface area contributed by atoms with Crippen molar-refractivity contribution < 1.29 is 20.1 Å². The number of imidazole rings is 1.